The van der Waals surface area contributed by atoms with E-state index in [-0.39, 0.29) is 17.3 Å². The second-order valence-electron chi connectivity index (χ2n) is 7.48. The molecule has 14 heteroatoms. The molecule has 0 aliphatic carbocycles. The molecule has 3 N–H and O–H groups in total. The Labute approximate surface area is 186 Å². The van der Waals surface area contributed by atoms with Gasteiger partial charge in [-0.15, -0.1) is 0 Å². The highest BCUT2D eigenvalue weighted by atomic mass is 32.2. The van der Waals surface area contributed by atoms with Crippen molar-refractivity contribution < 1.29 is 35.5 Å². The van der Waals surface area contributed by atoms with Gasteiger partial charge < -0.3 is 15.8 Å². The Balaban J connectivity index is 1.95. The number of amides is 1. The minimum absolute atomic E-state index is 0.0710. The molecule has 0 fully saturated rings. The second kappa shape index (κ2) is 8.57. The van der Waals surface area contributed by atoms with Crippen molar-refractivity contribution >= 4 is 27.3 Å². The highest BCUT2D eigenvalue weighted by Crippen LogP contribution is 2.48. The van der Waals surface area contributed by atoms with Gasteiger partial charge in [-0.1, -0.05) is 0 Å². The predicted octanol–water partition coefficient (Wildman–Crippen LogP) is 2.20. The molecule has 3 rings (SSSR count). The zero-order chi connectivity index (χ0) is 24.6. The van der Waals surface area contributed by atoms with Crippen LogP contribution in [0, 0.1) is 5.82 Å². The maximum absolute atomic E-state index is 15.1. The van der Waals surface area contributed by atoms with Crippen LogP contribution in [-0.4, -0.2) is 54.4 Å². The van der Waals surface area contributed by atoms with Crippen LogP contribution in [0.4, 0.5) is 23.2 Å². The van der Waals surface area contributed by atoms with Crippen molar-refractivity contribution in [3.05, 3.63) is 47.7 Å². The van der Waals surface area contributed by atoms with E-state index in [1.807, 2.05) is 0 Å². The summed E-state index contributed by atoms with van der Waals surface area (Å²) in [4.78, 5) is 23.5. The first-order valence-electron chi connectivity index (χ1n) is 9.32. The molecule has 0 saturated carbocycles. The molecule has 1 aromatic heterocycles. The monoisotopic (exact) mass is 489 g/mol. The fourth-order valence-electron chi connectivity index (χ4n) is 3.31. The van der Waals surface area contributed by atoms with Crippen LogP contribution in [0.2, 0.25) is 0 Å². The van der Waals surface area contributed by atoms with Crippen LogP contribution in [-0.2, 0) is 15.4 Å². The van der Waals surface area contributed by atoms with E-state index in [1.54, 1.807) is 0 Å². The van der Waals surface area contributed by atoms with Gasteiger partial charge in [0, 0.05) is 23.9 Å². The molecule has 1 aliphatic heterocycles. The smallest absolute Gasteiger partial charge is 0.278 e. The van der Waals surface area contributed by atoms with Crippen LogP contribution >= 0.6 is 0 Å². The van der Waals surface area contributed by atoms with Crippen LogP contribution in [0.1, 0.15) is 29.4 Å². The van der Waals surface area contributed by atoms with Crippen molar-refractivity contribution in [2.45, 2.75) is 30.1 Å². The standard InChI is InChI=1S/C19H19F4N5O4S/c1-18(19(22,23)6-14(16(24)28-18)33(2,30)31)11-5-10(3-4-12(11)21)27-17(29)13-7-26-15(8-25-13)32-9-20/h3-5,7-8,14H,6,9H2,1-2H3,(H2,24,28)(H,27,29)/t14?,18-/m1/s1. The van der Waals surface area contributed by atoms with Gasteiger partial charge in [-0.3, -0.25) is 9.79 Å². The van der Waals surface area contributed by atoms with Gasteiger partial charge in [-0.25, -0.2) is 35.9 Å². The van der Waals surface area contributed by atoms with Crippen LogP contribution < -0.4 is 15.8 Å². The largest absolute Gasteiger partial charge is 0.445 e. The minimum Gasteiger partial charge on any atom is -0.445 e. The summed E-state index contributed by atoms with van der Waals surface area (Å²) in [7, 11) is -3.98. The highest BCUT2D eigenvalue weighted by Gasteiger charge is 2.58. The van der Waals surface area contributed by atoms with E-state index in [9.17, 15) is 22.0 Å². The third-order valence-corrected chi connectivity index (χ3v) is 6.61. The molecule has 2 heterocycles. The average Bonchev–Trinajstić information content (AvgIpc) is 2.72. The summed E-state index contributed by atoms with van der Waals surface area (Å²) in [5.74, 6) is -6.38. The van der Waals surface area contributed by atoms with E-state index in [0.717, 1.165) is 43.8 Å². The summed E-state index contributed by atoms with van der Waals surface area (Å²) in [6, 6.07) is 2.93. The number of sulfone groups is 1. The molecule has 0 spiro atoms. The number of ether oxygens (including phenoxy) is 1. The molecular formula is C19H19F4N5O4S. The number of benzene rings is 1. The quantitative estimate of drug-likeness (QED) is 0.594. The first kappa shape index (κ1) is 24.4. The van der Waals surface area contributed by atoms with Gasteiger partial charge in [-0.05, 0) is 25.1 Å². The van der Waals surface area contributed by atoms with Gasteiger partial charge in [0.15, 0.2) is 15.4 Å². The summed E-state index contributed by atoms with van der Waals surface area (Å²) >= 11 is 0. The van der Waals surface area contributed by atoms with Gasteiger partial charge in [0.05, 0.1) is 12.4 Å². The van der Waals surface area contributed by atoms with Gasteiger partial charge in [0.1, 0.15) is 22.6 Å². The first-order valence-corrected chi connectivity index (χ1v) is 11.3. The Morgan fingerprint density at radius 3 is 2.58 bits per heavy atom. The summed E-state index contributed by atoms with van der Waals surface area (Å²) in [6.45, 7) is -0.211. The predicted molar refractivity (Wildman–Crippen MR) is 110 cm³/mol. The Morgan fingerprint density at radius 2 is 2.00 bits per heavy atom. The fourth-order valence-corrected chi connectivity index (χ4v) is 4.31. The average molecular weight is 489 g/mol. The van der Waals surface area contributed by atoms with E-state index in [4.69, 9.17) is 5.73 Å². The van der Waals surface area contributed by atoms with Crippen molar-refractivity contribution in [3.63, 3.8) is 0 Å². The van der Waals surface area contributed by atoms with Crippen molar-refractivity contribution in [3.8, 4) is 5.88 Å². The number of aromatic nitrogens is 2. The molecule has 1 aliphatic rings. The van der Waals surface area contributed by atoms with Crippen molar-refractivity contribution in [2.75, 3.05) is 18.4 Å². The molecule has 1 unspecified atom stereocenters. The Hall–Kier alpha value is -3.29. The maximum atomic E-state index is 15.1. The Morgan fingerprint density at radius 1 is 1.30 bits per heavy atom. The number of anilines is 1. The summed E-state index contributed by atoms with van der Waals surface area (Å²) in [5, 5.41) is 0.648. The van der Waals surface area contributed by atoms with Crippen LogP contribution in [0.3, 0.4) is 0 Å². The molecule has 9 nitrogen and oxygen atoms in total. The summed E-state index contributed by atoms with van der Waals surface area (Å²) in [6.07, 6.45) is 1.58. The molecule has 1 aromatic carbocycles. The lowest BCUT2D eigenvalue weighted by Gasteiger charge is -2.40. The number of nitrogens with one attached hydrogen (secondary N) is 1. The van der Waals surface area contributed by atoms with Crippen LogP contribution in [0.5, 0.6) is 5.88 Å². The summed E-state index contributed by atoms with van der Waals surface area (Å²) < 4.78 is 85.1. The van der Waals surface area contributed by atoms with Gasteiger partial charge in [0.2, 0.25) is 12.7 Å². The Kier molecular flexibility index (Phi) is 6.33. The third kappa shape index (κ3) is 4.74. The van der Waals surface area contributed by atoms with Crippen molar-refractivity contribution in [1.82, 2.24) is 9.97 Å². The second-order valence-corrected chi connectivity index (χ2v) is 9.71. The molecule has 0 radical (unpaired) electrons. The number of amidine groups is 1. The third-order valence-electron chi connectivity index (χ3n) is 5.17. The number of aliphatic imine (C=N–C) groups is 1. The Bertz CT molecular complexity index is 1210. The van der Waals surface area contributed by atoms with E-state index in [2.05, 4.69) is 25.0 Å². The lowest BCUT2D eigenvalue weighted by molar-refractivity contribution is -0.0799. The normalized spacial score (nSPS) is 22.4. The highest BCUT2D eigenvalue weighted by molar-refractivity contribution is 7.92. The van der Waals surface area contributed by atoms with E-state index in [1.165, 1.54) is 0 Å². The number of halogens is 4. The summed E-state index contributed by atoms with van der Waals surface area (Å²) in [5.41, 5.74) is 2.26. The van der Waals surface area contributed by atoms with Gasteiger partial charge in [0.25, 0.3) is 11.8 Å². The first-order chi connectivity index (χ1) is 15.3. The van der Waals surface area contributed by atoms with E-state index in [0.29, 0.717) is 0 Å². The number of alkyl halides is 3. The van der Waals surface area contributed by atoms with Crippen molar-refractivity contribution in [1.29, 1.82) is 0 Å². The number of nitrogens with two attached hydrogens (primary N) is 1. The molecule has 2 atom stereocenters. The zero-order valence-electron chi connectivity index (χ0n) is 17.4. The molecule has 178 valence electrons. The number of hydrogen-bond donors (Lipinski definition) is 2. The van der Waals surface area contributed by atoms with Crippen LogP contribution in [0.25, 0.3) is 0 Å². The molecular weight excluding hydrogens is 470 g/mol. The minimum atomic E-state index is -3.98. The van der Waals surface area contributed by atoms with Crippen LogP contribution in [0.15, 0.2) is 35.6 Å². The number of carbonyl (C=O) groups excluding carboxylic acids is 1. The number of hydrogen-bond acceptors (Lipinski definition) is 8. The molecule has 33 heavy (non-hydrogen) atoms. The molecule has 0 bridgehead atoms. The molecule has 1 amide bonds. The van der Waals surface area contributed by atoms with E-state index >= 15 is 8.78 Å². The SMILES string of the molecule is C[C@]1(c2cc(NC(=O)c3cnc(OCF)cn3)ccc2F)N=C(N)C(S(C)(=O)=O)CC1(F)F. The molecule has 2 aromatic rings. The van der Waals surface area contributed by atoms with Gasteiger partial charge >= 0.3 is 0 Å². The lowest BCUT2D eigenvalue weighted by Crippen LogP contribution is -2.54. The number of nitrogens with zero attached hydrogens (tertiary/aromatic N) is 3. The molecule has 0 saturated heterocycles. The topological polar surface area (TPSA) is 137 Å². The fraction of sp³-hybridized carbons (Fsp3) is 0.368. The van der Waals surface area contributed by atoms with Crippen molar-refractivity contribution in [2.24, 2.45) is 10.7 Å². The lowest BCUT2D eigenvalue weighted by atomic mass is 9.81. The van der Waals surface area contributed by atoms with Gasteiger partial charge in [-0.2, -0.15) is 0 Å². The maximum Gasteiger partial charge on any atom is 0.278 e. The number of rotatable bonds is 6. The number of carbonyl (C=O) groups is 1. The zero-order valence-corrected chi connectivity index (χ0v) is 18.2. The van der Waals surface area contributed by atoms with E-state index < -0.39 is 63.0 Å².